The number of allylic oxidation sites excluding steroid dienone is 12. The van der Waals surface area contributed by atoms with Crippen LogP contribution in [0.15, 0.2) is 72.9 Å². The van der Waals surface area contributed by atoms with Crippen LogP contribution in [0, 0.1) is 0 Å². The quantitative estimate of drug-likeness (QED) is 0.0261. The molecule has 0 fully saturated rings. The van der Waals surface area contributed by atoms with E-state index in [1.54, 1.807) is 0 Å². The third-order valence-corrected chi connectivity index (χ3v) is 13.7. The highest BCUT2D eigenvalue weighted by molar-refractivity contribution is 5.71. The Bertz CT molecular complexity index is 1360. The van der Waals surface area contributed by atoms with Gasteiger partial charge in [-0.15, -0.1) is 0 Å². The predicted molar refractivity (Wildman–Crippen MR) is 316 cm³/mol. The maximum absolute atomic E-state index is 12.9. The Morgan fingerprint density at radius 2 is 0.562 bits per heavy atom. The van der Waals surface area contributed by atoms with Gasteiger partial charge in [-0.05, 0) is 77.0 Å². The lowest BCUT2D eigenvalue weighted by Crippen LogP contribution is -2.30. The van der Waals surface area contributed by atoms with Crippen molar-refractivity contribution >= 4 is 17.9 Å². The van der Waals surface area contributed by atoms with Crippen LogP contribution in [0.2, 0.25) is 0 Å². The molecule has 0 rings (SSSR count). The molecule has 0 radical (unpaired) electrons. The Morgan fingerprint density at radius 3 is 0.918 bits per heavy atom. The minimum atomic E-state index is -0.803. The van der Waals surface area contributed by atoms with Gasteiger partial charge < -0.3 is 14.2 Å². The average molecular weight is 1020 g/mol. The highest BCUT2D eigenvalue weighted by Gasteiger charge is 2.19. The van der Waals surface area contributed by atoms with Gasteiger partial charge in [-0.2, -0.15) is 0 Å². The number of hydrogen-bond acceptors (Lipinski definition) is 6. The number of hydrogen-bond donors (Lipinski definition) is 0. The van der Waals surface area contributed by atoms with Gasteiger partial charge in [0.05, 0.1) is 0 Å². The number of unbranched alkanes of at least 4 members (excludes halogenated alkanes) is 34. The summed E-state index contributed by atoms with van der Waals surface area (Å²) in [5.74, 6) is -0.966. The Labute approximate surface area is 453 Å². The molecule has 0 heterocycles. The van der Waals surface area contributed by atoms with Crippen molar-refractivity contribution in [2.45, 2.75) is 322 Å². The minimum Gasteiger partial charge on any atom is -0.462 e. The first-order valence-electron chi connectivity index (χ1n) is 31.4. The molecule has 0 amide bonds. The molecule has 0 aliphatic carbocycles. The zero-order valence-corrected chi connectivity index (χ0v) is 48.4. The van der Waals surface area contributed by atoms with Crippen LogP contribution >= 0.6 is 0 Å². The van der Waals surface area contributed by atoms with Gasteiger partial charge >= 0.3 is 17.9 Å². The van der Waals surface area contributed by atoms with E-state index in [1.807, 2.05) is 6.08 Å². The third kappa shape index (κ3) is 59.6. The molecule has 0 aromatic rings. The molecule has 6 nitrogen and oxygen atoms in total. The Balaban J connectivity index is 4.31. The molecule has 0 aliphatic heterocycles. The van der Waals surface area contributed by atoms with Gasteiger partial charge in [0.25, 0.3) is 0 Å². The van der Waals surface area contributed by atoms with Crippen LogP contribution in [0.1, 0.15) is 316 Å². The smallest absolute Gasteiger partial charge is 0.306 e. The Kier molecular flexibility index (Phi) is 58.7. The van der Waals surface area contributed by atoms with Crippen molar-refractivity contribution < 1.29 is 28.6 Å². The number of carbonyl (C=O) groups excluding carboxylic acids is 3. The Hall–Kier alpha value is -3.15. The van der Waals surface area contributed by atoms with Crippen LogP contribution in [0.25, 0.3) is 0 Å². The average Bonchev–Trinajstić information content (AvgIpc) is 3.39. The van der Waals surface area contributed by atoms with E-state index in [-0.39, 0.29) is 37.5 Å². The molecule has 1 atom stereocenters. The van der Waals surface area contributed by atoms with Gasteiger partial charge in [0.2, 0.25) is 0 Å². The van der Waals surface area contributed by atoms with Crippen LogP contribution in [-0.4, -0.2) is 37.2 Å². The maximum atomic E-state index is 12.9. The lowest BCUT2D eigenvalue weighted by Gasteiger charge is -2.18. The van der Waals surface area contributed by atoms with Crippen LogP contribution < -0.4 is 0 Å². The SMILES string of the molecule is CC/C=C\C/C=C\C/C=C\C/C=C\CCC(=O)OCC(COC(=O)CCCCCCCCCCCCCCC/C=C\C/C=C\CCCCCCC)OC(=O)CCCCCCCCCCCCCCCCCCC. The van der Waals surface area contributed by atoms with Crippen LogP contribution in [0.3, 0.4) is 0 Å². The lowest BCUT2D eigenvalue weighted by atomic mass is 10.0. The van der Waals surface area contributed by atoms with Crippen LogP contribution in [0.4, 0.5) is 0 Å². The summed E-state index contributed by atoms with van der Waals surface area (Å²) in [6, 6.07) is 0. The monoisotopic (exact) mass is 1020 g/mol. The Morgan fingerprint density at radius 1 is 0.288 bits per heavy atom. The molecule has 73 heavy (non-hydrogen) atoms. The first kappa shape index (κ1) is 69.8. The van der Waals surface area contributed by atoms with E-state index in [1.165, 1.54) is 199 Å². The van der Waals surface area contributed by atoms with Crippen molar-refractivity contribution in [2.24, 2.45) is 0 Å². The summed E-state index contributed by atoms with van der Waals surface area (Å²) in [6.45, 7) is 6.49. The van der Waals surface area contributed by atoms with Crippen molar-refractivity contribution in [2.75, 3.05) is 13.2 Å². The summed E-state index contributed by atoms with van der Waals surface area (Å²) in [7, 11) is 0. The van der Waals surface area contributed by atoms with Crippen molar-refractivity contribution in [1.82, 2.24) is 0 Å². The first-order chi connectivity index (χ1) is 36.0. The van der Waals surface area contributed by atoms with E-state index < -0.39 is 6.10 Å². The summed E-state index contributed by atoms with van der Waals surface area (Å²) in [4.78, 5) is 38.2. The van der Waals surface area contributed by atoms with Crippen molar-refractivity contribution in [3.05, 3.63) is 72.9 Å². The highest BCUT2D eigenvalue weighted by Crippen LogP contribution is 2.17. The van der Waals surface area contributed by atoms with E-state index in [0.717, 1.165) is 70.6 Å². The van der Waals surface area contributed by atoms with E-state index >= 15 is 0 Å². The second-order valence-corrected chi connectivity index (χ2v) is 20.9. The molecule has 0 N–H and O–H groups in total. The standard InChI is InChI=1S/C67H118O6/c1-4-7-10-13-16-19-22-25-27-29-30-31-32-33-34-35-36-38-39-42-45-48-51-54-57-60-66(69)72-63-64(62-71-65(68)59-56-53-50-47-44-41-24-21-18-15-12-9-6-3)73-67(70)61-58-55-52-49-46-43-40-37-28-26-23-20-17-14-11-8-5-2/h9,12,18,21-22,25,29-30,41,44,50,53,64H,4-8,10-11,13-17,19-20,23-24,26-28,31-40,42-43,45-49,51-52,54-63H2,1-3H3/b12-9-,21-18-,25-22-,30-29-,44-41-,53-50-. The molecule has 422 valence electrons. The fourth-order valence-electron chi connectivity index (χ4n) is 9.02. The fourth-order valence-corrected chi connectivity index (χ4v) is 9.02. The van der Waals surface area contributed by atoms with E-state index in [9.17, 15) is 14.4 Å². The summed E-state index contributed by atoms with van der Waals surface area (Å²) >= 11 is 0. The second kappa shape index (κ2) is 61.4. The van der Waals surface area contributed by atoms with Gasteiger partial charge in [0.15, 0.2) is 6.10 Å². The first-order valence-corrected chi connectivity index (χ1v) is 31.4. The molecule has 0 aromatic carbocycles. The topological polar surface area (TPSA) is 78.9 Å². The zero-order chi connectivity index (χ0) is 52.9. The van der Waals surface area contributed by atoms with E-state index in [4.69, 9.17) is 14.2 Å². The number of ether oxygens (including phenoxy) is 3. The molecule has 6 heteroatoms. The second-order valence-electron chi connectivity index (χ2n) is 20.9. The van der Waals surface area contributed by atoms with Crippen LogP contribution in [-0.2, 0) is 28.6 Å². The molecule has 0 saturated heterocycles. The summed E-state index contributed by atoms with van der Waals surface area (Å²) in [5, 5.41) is 0. The molecule has 1 unspecified atom stereocenters. The van der Waals surface area contributed by atoms with Crippen molar-refractivity contribution in [3.63, 3.8) is 0 Å². The summed E-state index contributed by atoms with van der Waals surface area (Å²) < 4.78 is 16.8. The van der Waals surface area contributed by atoms with E-state index in [0.29, 0.717) is 19.3 Å². The van der Waals surface area contributed by atoms with Gasteiger partial charge in [0, 0.05) is 19.3 Å². The highest BCUT2D eigenvalue weighted by atomic mass is 16.6. The molecular formula is C67H118O6. The maximum Gasteiger partial charge on any atom is 0.306 e. The third-order valence-electron chi connectivity index (χ3n) is 13.7. The number of rotatable bonds is 57. The van der Waals surface area contributed by atoms with Gasteiger partial charge in [-0.25, -0.2) is 0 Å². The number of carbonyl (C=O) groups is 3. The number of esters is 3. The van der Waals surface area contributed by atoms with Gasteiger partial charge in [-0.1, -0.05) is 293 Å². The van der Waals surface area contributed by atoms with E-state index in [2.05, 4.69) is 87.6 Å². The summed E-state index contributed by atoms with van der Waals surface area (Å²) in [6.07, 6.45) is 79.3. The fraction of sp³-hybridized carbons (Fsp3) is 0.776. The largest absolute Gasteiger partial charge is 0.462 e. The molecule has 0 aromatic heterocycles. The van der Waals surface area contributed by atoms with Crippen LogP contribution in [0.5, 0.6) is 0 Å². The predicted octanol–water partition coefficient (Wildman–Crippen LogP) is 21.3. The molecular weight excluding hydrogens is 901 g/mol. The lowest BCUT2D eigenvalue weighted by molar-refractivity contribution is -0.166. The molecule has 0 bridgehead atoms. The molecule has 0 saturated carbocycles. The van der Waals surface area contributed by atoms with Crippen molar-refractivity contribution in [1.29, 1.82) is 0 Å². The van der Waals surface area contributed by atoms with Gasteiger partial charge in [0.1, 0.15) is 13.2 Å². The van der Waals surface area contributed by atoms with Crippen molar-refractivity contribution in [3.8, 4) is 0 Å². The normalized spacial score (nSPS) is 12.5. The molecule has 0 spiro atoms. The van der Waals surface area contributed by atoms with Gasteiger partial charge in [-0.3, -0.25) is 14.4 Å². The summed E-state index contributed by atoms with van der Waals surface area (Å²) in [5.41, 5.74) is 0. The minimum absolute atomic E-state index is 0.0947. The zero-order valence-electron chi connectivity index (χ0n) is 48.4. The molecule has 0 aliphatic rings.